The second kappa shape index (κ2) is 10.8. The molecule has 6 nitrogen and oxygen atoms in total. The van der Waals surface area contributed by atoms with Gasteiger partial charge in [0, 0.05) is 15.6 Å². The Bertz CT molecular complexity index is 927. The predicted octanol–water partition coefficient (Wildman–Crippen LogP) is 5.03. The number of ether oxygens (including phenoxy) is 3. The zero-order valence-electron chi connectivity index (χ0n) is 16.3. The van der Waals surface area contributed by atoms with E-state index in [1.165, 1.54) is 14.2 Å². The number of esters is 1. The van der Waals surface area contributed by atoms with Crippen LogP contribution in [0.25, 0.3) is 5.70 Å². The number of hydrogen-bond donors (Lipinski definition) is 1. The average Bonchev–Trinajstić information content (AvgIpc) is 2.70. The lowest BCUT2D eigenvalue weighted by Crippen LogP contribution is -2.12. The molecule has 29 heavy (non-hydrogen) atoms. The molecule has 2 aromatic carbocycles. The van der Waals surface area contributed by atoms with Crippen molar-refractivity contribution in [2.45, 2.75) is 13.5 Å². The molecule has 0 heterocycles. The molecular formula is C21H21Cl2NO5. The van der Waals surface area contributed by atoms with Crippen molar-refractivity contribution in [3.05, 3.63) is 81.7 Å². The van der Waals surface area contributed by atoms with Gasteiger partial charge in [-0.05, 0) is 36.2 Å². The summed E-state index contributed by atoms with van der Waals surface area (Å²) in [6.45, 7) is 6.04. The summed E-state index contributed by atoms with van der Waals surface area (Å²) in [5.74, 6) is -0.0940. The molecule has 0 radical (unpaired) electrons. The maximum Gasteiger partial charge on any atom is 0.337 e. The number of hydroxylamine groups is 1. The first-order valence-corrected chi connectivity index (χ1v) is 9.22. The maximum absolute atomic E-state index is 11.4. The van der Waals surface area contributed by atoms with Crippen LogP contribution in [0.1, 0.15) is 16.7 Å². The van der Waals surface area contributed by atoms with E-state index in [2.05, 4.69) is 16.8 Å². The molecule has 0 saturated heterocycles. The molecule has 0 saturated carbocycles. The standard InChI is InChI=1S/C21H21Cl2NO5/c1-13-5-6-15(9-19(13)29-21(27-4)11-20(25)26-3)14(2)24-28-12-16-7-8-17(22)10-18(16)23/h5-11,24H,2,12H2,1,3-4H3. The molecule has 8 heteroatoms. The minimum absolute atomic E-state index is 0.00398. The van der Waals surface area contributed by atoms with Crippen LogP contribution in [-0.4, -0.2) is 20.2 Å². The Labute approximate surface area is 179 Å². The van der Waals surface area contributed by atoms with E-state index in [9.17, 15) is 4.79 Å². The van der Waals surface area contributed by atoms with Gasteiger partial charge in [0.1, 0.15) is 18.4 Å². The molecule has 154 valence electrons. The van der Waals surface area contributed by atoms with Gasteiger partial charge in [0.05, 0.1) is 19.9 Å². The SMILES string of the molecule is C=C(NOCc1ccc(Cl)cc1Cl)c1ccc(C)c(OC(=CC(=O)OC)OC)c1. The molecule has 1 N–H and O–H groups in total. The first-order chi connectivity index (χ1) is 13.8. The Hall–Kier alpha value is -2.67. The van der Waals surface area contributed by atoms with Gasteiger partial charge in [-0.2, -0.15) is 0 Å². The molecular weight excluding hydrogens is 417 g/mol. The summed E-state index contributed by atoms with van der Waals surface area (Å²) in [4.78, 5) is 16.9. The van der Waals surface area contributed by atoms with E-state index in [0.29, 0.717) is 21.5 Å². The van der Waals surface area contributed by atoms with Crippen molar-refractivity contribution in [2.75, 3.05) is 14.2 Å². The highest BCUT2D eigenvalue weighted by molar-refractivity contribution is 6.35. The lowest BCUT2D eigenvalue weighted by Gasteiger charge is -2.14. The number of hydrogen-bond acceptors (Lipinski definition) is 6. The van der Waals surface area contributed by atoms with E-state index in [1.54, 1.807) is 24.3 Å². The fourth-order valence-electron chi connectivity index (χ4n) is 2.19. The molecule has 0 spiro atoms. The minimum atomic E-state index is -0.587. The Morgan fingerprint density at radius 2 is 1.90 bits per heavy atom. The number of carbonyl (C=O) groups is 1. The molecule has 0 atom stereocenters. The Kier molecular flexibility index (Phi) is 8.39. The summed E-state index contributed by atoms with van der Waals surface area (Å²) in [6, 6.07) is 10.6. The van der Waals surface area contributed by atoms with Crippen LogP contribution in [0.3, 0.4) is 0 Å². The molecule has 0 aliphatic rings. The monoisotopic (exact) mass is 437 g/mol. The van der Waals surface area contributed by atoms with Crippen molar-refractivity contribution >= 4 is 34.9 Å². The second-order valence-electron chi connectivity index (χ2n) is 5.88. The van der Waals surface area contributed by atoms with Gasteiger partial charge < -0.3 is 14.2 Å². The highest BCUT2D eigenvalue weighted by atomic mass is 35.5. The zero-order valence-corrected chi connectivity index (χ0v) is 17.8. The Morgan fingerprint density at radius 1 is 1.14 bits per heavy atom. The van der Waals surface area contributed by atoms with Crippen molar-refractivity contribution in [3.8, 4) is 5.75 Å². The van der Waals surface area contributed by atoms with Crippen LogP contribution in [0.2, 0.25) is 10.0 Å². The van der Waals surface area contributed by atoms with E-state index in [1.807, 2.05) is 19.1 Å². The lowest BCUT2D eigenvalue weighted by atomic mass is 10.1. The molecule has 2 rings (SSSR count). The van der Waals surface area contributed by atoms with Crippen molar-refractivity contribution < 1.29 is 23.8 Å². The number of rotatable bonds is 9. The number of benzene rings is 2. The smallest absolute Gasteiger partial charge is 0.337 e. The molecule has 0 unspecified atom stereocenters. The molecule has 0 amide bonds. The van der Waals surface area contributed by atoms with Gasteiger partial charge in [-0.3, -0.25) is 10.3 Å². The summed E-state index contributed by atoms with van der Waals surface area (Å²) < 4.78 is 15.3. The van der Waals surface area contributed by atoms with Gasteiger partial charge in [0.15, 0.2) is 0 Å². The number of nitrogens with one attached hydrogen (secondary N) is 1. The number of halogens is 2. The van der Waals surface area contributed by atoms with E-state index in [0.717, 1.165) is 22.8 Å². The van der Waals surface area contributed by atoms with E-state index in [-0.39, 0.29) is 12.6 Å². The van der Waals surface area contributed by atoms with Crippen LogP contribution in [-0.2, 0) is 25.7 Å². The largest absolute Gasteiger partial charge is 0.468 e. The van der Waals surface area contributed by atoms with Crippen LogP contribution in [0, 0.1) is 6.92 Å². The van der Waals surface area contributed by atoms with E-state index < -0.39 is 5.97 Å². The van der Waals surface area contributed by atoms with Crippen molar-refractivity contribution in [3.63, 3.8) is 0 Å². The third kappa shape index (κ3) is 6.71. The van der Waals surface area contributed by atoms with E-state index in [4.69, 9.17) is 37.5 Å². The molecule has 2 aromatic rings. The molecule has 0 fully saturated rings. The summed E-state index contributed by atoms with van der Waals surface area (Å²) in [7, 11) is 2.66. The number of aryl methyl sites for hydroxylation is 1. The molecule has 0 aliphatic carbocycles. The second-order valence-corrected chi connectivity index (χ2v) is 6.72. The first kappa shape index (κ1) is 22.6. The van der Waals surface area contributed by atoms with Crippen LogP contribution in [0.4, 0.5) is 0 Å². The fourth-order valence-corrected chi connectivity index (χ4v) is 2.65. The molecule has 0 aliphatic heterocycles. The summed E-state index contributed by atoms with van der Waals surface area (Å²) in [5, 5.41) is 1.07. The summed E-state index contributed by atoms with van der Waals surface area (Å²) in [5.41, 5.74) is 5.63. The number of carbonyl (C=O) groups excluding carboxylic acids is 1. The van der Waals surface area contributed by atoms with Crippen molar-refractivity contribution in [2.24, 2.45) is 0 Å². The van der Waals surface area contributed by atoms with Crippen molar-refractivity contribution in [1.82, 2.24) is 5.48 Å². The topological polar surface area (TPSA) is 66.0 Å². The van der Waals surface area contributed by atoms with Gasteiger partial charge in [-0.15, -0.1) is 0 Å². The third-order valence-corrected chi connectivity index (χ3v) is 4.41. The third-order valence-electron chi connectivity index (χ3n) is 3.82. The van der Waals surface area contributed by atoms with Crippen LogP contribution >= 0.6 is 23.2 Å². The zero-order chi connectivity index (χ0) is 21.4. The van der Waals surface area contributed by atoms with Crippen molar-refractivity contribution in [1.29, 1.82) is 0 Å². The minimum Gasteiger partial charge on any atom is -0.468 e. The molecule has 0 aromatic heterocycles. The Balaban J connectivity index is 2.04. The fraction of sp³-hybridized carbons (Fsp3) is 0.190. The van der Waals surface area contributed by atoms with E-state index >= 15 is 0 Å². The summed E-state index contributed by atoms with van der Waals surface area (Å²) in [6.07, 6.45) is 1.11. The highest BCUT2D eigenvalue weighted by Crippen LogP contribution is 2.25. The summed E-state index contributed by atoms with van der Waals surface area (Å²) >= 11 is 12.0. The Morgan fingerprint density at radius 3 is 2.55 bits per heavy atom. The predicted molar refractivity (Wildman–Crippen MR) is 112 cm³/mol. The molecule has 0 bridgehead atoms. The average molecular weight is 438 g/mol. The van der Waals surface area contributed by atoms with Gasteiger partial charge in [0.2, 0.25) is 0 Å². The van der Waals surface area contributed by atoms with Gasteiger partial charge >= 0.3 is 5.97 Å². The maximum atomic E-state index is 11.4. The normalized spacial score (nSPS) is 11.0. The quantitative estimate of drug-likeness (QED) is 0.256. The van der Waals surface area contributed by atoms with Gasteiger partial charge in [-0.25, -0.2) is 4.79 Å². The van der Waals surface area contributed by atoms with Crippen LogP contribution in [0.15, 0.2) is 55.0 Å². The lowest BCUT2D eigenvalue weighted by molar-refractivity contribution is -0.135. The van der Waals surface area contributed by atoms with Gasteiger partial charge in [0.25, 0.3) is 5.95 Å². The first-order valence-electron chi connectivity index (χ1n) is 8.47. The van der Waals surface area contributed by atoms with Crippen LogP contribution in [0.5, 0.6) is 5.75 Å². The highest BCUT2D eigenvalue weighted by Gasteiger charge is 2.10. The number of methoxy groups -OCH3 is 2. The van der Waals surface area contributed by atoms with Crippen LogP contribution < -0.4 is 10.2 Å². The van der Waals surface area contributed by atoms with Gasteiger partial charge in [-0.1, -0.05) is 48.0 Å².